The number of benzene rings is 1. The maximum atomic E-state index is 11.7. The van der Waals surface area contributed by atoms with Gasteiger partial charge in [0, 0.05) is 11.6 Å². The Bertz CT molecular complexity index is 478. The molecule has 2 rings (SSSR count). The maximum absolute atomic E-state index is 11.7. The van der Waals surface area contributed by atoms with Crippen LogP contribution in [0.2, 0.25) is 5.02 Å². The molecule has 0 aromatic heterocycles. The molecule has 1 aromatic carbocycles. The maximum Gasteiger partial charge on any atom is 0.258 e. The third-order valence-corrected chi connectivity index (χ3v) is 3.00. The largest absolute Gasteiger partial charge is 0.484 e. The minimum atomic E-state index is -0.577. The summed E-state index contributed by atoms with van der Waals surface area (Å²) >= 11 is 5.82. The summed E-state index contributed by atoms with van der Waals surface area (Å²) in [6.07, 6.45) is -0.125. The highest BCUT2D eigenvalue weighted by atomic mass is 35.5. The molecule has 20 heavy (non-hydrogen) atoms. The molecule has 0 radical (unpaired) electrons. The Morgan fingerprint density at radius 2 is 2.35 bits per heavy atom. The number of amides is 1. The van der Waals surface area contributed by atoms with Gasteiger partial charge in [-0.1, -0.05) is 17.7 Å². The van der Waals surface area contributed by atoms with Crippen molar-refractivity contribution >= 4 is 17.5 Å². The zero-order valence-corrected chi connectivity index (χ0v) is 12.3. The molecule has 6 heteroatoms. The van der Waals surface area contributed by atoms with E-state index in [1.165, 1.54) is 0 Å². The normalized spacial score (nSPS) is 20.6. The Balaban J connectivity index is 1.68. The molecule has 0 saturated carbocycles. The molecular formula is C14H18ClNO4. The second kappa shape index (κ2) is 6.43. The van der Waals surface area contributed by atoms with Crippen LogP contribution in [0.4, 0.5) is 0 Å². The fourth-order valence-corrected chi connectivity index (χ4v) is 2.03. The zero-order chi connectivity index (χ0) is 14.6. The van der Waals surface area contributed by atoms with Crippen LogP contribution >= 0.6 is 11.6 Å². The van der Waals surface area contributed by atoms with Crippen LogP contribution in [0.25, 0.3) is 0 Å². The smallest absolute Gasteiger partial charge is 0.258 e. The van der Waals surface area contributed by atoms with Gasteiger partial charge in [0.05, 0.1) is 6.61 Å². The first-order valence-electron chi connectivity index (χ1n) is 6.41. The van der Waals surface area contributed by atoms with Gasteiger partial charge in [-0.15, -0.1) is 0 Å². The molecule has 1 amide bonds. The van der Waals surface area contributed by atoms with E-state index >= 15 is 0 Å². The van der Waals surface area contributed by atoms with Crippen LogP contribution in [0.1, 0.15) is 13.8 Å². The van der Waals surface area contributed by atoms with E-state index in [1.807, 2.05) is 13.8 Å². The standard InChI is InChI=1S/C14H18ClNO4/c1-14(2)19-8-12(20-14)7-16-13(17)9-18-11-5-3-4-10(15)6-11/h3-6,12H,7-9H2,1-2H3,(H,16,17). The first-order valence-corrected chi connectivity index (χ1v) is 6.79. The van der Waals surface area contributed by atoms with Gasteiger partial charge in [-0.3, -0.25) is 4.79 Å². The van der Waals surface area contributed by atoms with E-state index in [-0.39, 0.29) is 18.6 Å². The fourth-order valence-electron chi connectivity index (χ4n) is 1.85. The van der Waals surface area contributed by atoms with Crippen molar-refractivity contribution in [1.82, 2.24) is 5.32 Å². The Morgan fingerprint density at radius 3 is 3.00 bits per heavy atom. The average Bonchev–Trinajstić information content (AvgIpc) is 2.74. The van der Waals surface area contributed by atoms with Gasteiger partial charge in [0.15, 0.2) is 12.4 Å². The molecule has 0 bridgehead atoms. The van der Waals surface area contributed by atoms with Crippen LogP contribution in [0.3, 0.4) is 0 Å². The number of nitrogens with one attached hydrogen (secondary N) is 1. The van der Waals surface area contributed by atoms with Gasteiger partial charge in [0.25, 0.3) is 5.91 Å². The summed E-state index contributed by atoms with van der Waals surface area (Å²) in [5.74, 6) is -0.223. The lowest BCUT2D eigenvalue weighted by Gasteiger charge is -2.17. The van der Waals surface area contributed by atoms with Gasteiger partial charge in [-0.25, -0.2) is 0 Å². The molecule has 1 saturated heterocycles. The highest BCUT2D eigenvalue weighted by Crippen LogP contribution is 2.21. The Hall–Kier alpha value is -1.30. The van der Waals surface area contributed by atoms with Crippen molar-refractivity contribution in [2.24, 2.45) is 0 Å². The second-order valence-corrected chi connectivity index (χ2v) is 5.44. The number of rotatable bonds is 5. The average molecular weight is 300 g/mol. The van der Waals surface area contributed by atoms with E-state index in [0.29, 0.717) is 23.9 Å². The number of carbonyl (C=O) groups is 1. The Morgan fingerprint density at radius 1 is 1.55 bits per heavy atom. The van der Waals surface area contributed by atoms with Crippen molar-refractivity contribution in [3.63, 3.8) is 0 Å². The van der Waals surface area contributed by atoms with Crippen LogP contribution in [-0.4, -0.2) is 37.6 Å². The predicted octanol–water partition coefficient (Wildman–Crippen LogP) is 1.99. The van der Waals surface area contributed by atoms with Crippen molar-refractivity contribution in [1.29, 1.82) is 0 Å². The van der Waals surface area contributed by atoms with Crippen LogP contribution in [0.5, 0.6) is 5.75 Å². The number of hydrogen-bond donors (Lipinski definition) is 1. The number of halogens is 1. The van der Waals surface area contributed by atoms with Crippen molar-refractivity contribution in [3.8, 4) is 5.75 Å². The van der Waals surface area contributed by atoms with Crippen molar-refractivity contribution in [2.45, 2.75) is 25.7 Å². The van der Waals surface area contributed by atoms with E-state index < -0.39 is 5.79 Å². The van der Waals surface area contributed by atoms with Gasteiger partial charge in [0.1, 0.15) is 11.9 Å². The molecule has 1 N–H and O–H groups in total. The van der Waals surface area contributed by atoms with Gasteiger partial charge in [-0.05, 0) is 32.0 Å². The topological polar surface area (TPSA) is 56.8 Å². The van der Waals surface area contributed by atoms with Crippen LogP contribution in [0, 0.1) is 0 Å². The second-order valence-electron chi connectivity index (χ2n) is 5.00. The summed E-state index contributed by atoms with van der Waals surface area (Å²) in [5, 5.41) is 3.32. The summed E-state index contributed by atoms with van der Waals surface area (Å²) < 4.78 is 16.3. The van der Waals surface area contributed by atoms with Crippen LogP contribution in [0.15, 0.2) is 24.3 Å². The van der Waals surface area contributed by atoms with Crippen LogP contribution < -0.4 is 10.1 Å². The summed E-state index contributed by atoms with van der Waals surface area (Å²) in [5.41, 5.74) is 0. The highest BCUT2D eigenvalue weighted by Gasteiger charge is 2.32. The minimum Gasteiger partial charge on any atom is -0.484 e. The van der Waals surface area contributed by atoms with Crippen molar-refractivity contribution in [3.05, 3.63) is 29.3 Å². The van der Waals surface area contributed by atoms with E-state index in [0.717, 1.165) is 0 Å². The molecular weight excluding hydrogens is 282 g/mol. The molecule has 1 aliphatic rings. The number of ether oxygens (including phenoxy) is 3. The van der Waals surface area contributed by atoms with Gasteiger partial charge in [-0.2, -0.15) is 0 Å². The molecule has 1 aromatic rings. The Labute approximate surface area is 123 Å². The summed E-state index contributed by atoms with van der Waals surface area (Å²) in [7, 11) is 0. The number of hydrogen-bond acceptors (Lipinski definition) is 4. The van der Waals surface area contributed by atoms with Crippen LogP contribution in [-0.2, 0) is 14.3 Å². The Kier molecular flexibility index (Phi) is 4.86. The first-order chi connectivity index (χ1) is 9.44. The molecule has 1 aliphatic heterocycles. The van der Waals surface area contributed by atoms with E-state index in [4.69, 9.17) is 25.8 Å². The predicted molar refractivity (Wildman–Crippen MR) is 74.9 cm³/mol. The van der Waals surface area contributed by atoms with Gasteiger partial charge in [0.2, 0.25) is 0 Å². The first kappa shape index (κ1) is 15.1. The van der Waals surface area contributed by atoms with Gasteiger partial charge >= 0.3 is 0 Å². The lowest BCUT2D eigenvalue weighted by Crippen LogP contribution is -2.37. The molecule has 1 unspecified atom stereocenters. The SMILES string of the molecule is CC1(C)OCC(CNC(=O)COc2cccc(Cl)c2)O1. The molecule has 1 heterocycles. The quantitative estimate of drug-likeness (QED) is 0.903. The lowest BCUT2D eigenvalue weighted by molar-refractivity contribution is -0.139. The molecule has 1 fully saturated rings. The molecule has 5 nitrogen and oxygen atoms in total. The molecule has 0 aliphatic carbocycles. The van der Waals surface area contributed by atoms with Crippen molar-refractivity contribution in [2.75, 3.05) is 19.8 Å². The monoisotopic (exact) mass is 299 g/mol. The summed E-state index contributed by atoms with van der Waals surface area (Å²) in [6, 6.07) is 6.91. The third kappa shape index (κ3) is 4.67. The van der Waals surface area contributed by atoms with Crippen molar-refractivity contribution < 1.29 is 19.0 Å². The summed E-state index contributed by atoms with van der Waals surface area (Å²) in [6.45, 7) is 4.51. The number of carbonyl (C=O) groups excluding carboxylic acids is 1. The van der Waals surface area contributed by atoms with E-state index in [2.05, 4.69) is 5.32 Å². The highest BCUT2D eigenvalue weighted by molar-refractivity contribution is 6.30. The van der Waals surface area contributed by atoms with Gasteiger partial charge < -0.3 is 19.5 Å². The fraction of sp³-hybridized carbons (Fsp3) is 0.500. The lowest BCUT2D eigenvalue weighted by atomic mass is 10.3. The minimum absolute atomic E-state index is 0.0582. The zero-order valence-electron chi connectivity index (χ0n) is 11.5. The third-order valence-electron chi connectivity index (χ3n) is 2.76. The van der Waals surface area contributed by atoms with E-state index in [9.17, 15) is 4.79 Å². The molecule has 110 valence electrons. The molecule has 0 spiro atoms. The summed E-state index contributed by atoms with van der Waals surface area (Å²) in [4.78, 5) is 11.7. The van der Waals surface area contributed by atoms with E-state index in [1.54, 1.807) is 24.3 Å². The molecule has 1 atom stereocenters.